The van der Waals surface area contributed by atoms with E-state index >= 15 is 0 Å². The van der Waals surface area contributed by atoms with Crippen molar-refractivity contribution in [1.29, 1.82) is 0 Å². The van der Waals surface area contributed by atoms with Crippen molar-refractivity contribution in [2.75, 3.05) is 27.0 Å². The summed E-state index contributed by atoms with van der Waals surface area (Å²) in [5.74, 6) is -0.363. The number of thioether (sulfide) groups is 1. The zero-order valence-corrected chi connectivity index (χ0v) is 14.3. The molecule has 22 heavy (non-hydrogen) atoms. The van der Waals surface area contributed by atoms with E-state index in [1.807, 2.05) is 0 Å². The third-order valence-electron chi connectivity index (χ3n) is 3.08. The first-order valence-corrected chi connectivity index (χ1v) is 9.30. The first kappa shape index (κ1) is 17.9. The lowest BCUT2D eigenvalue weighted by atomic mass is 10.1. The van der Waals surface area contributed by atoms with E-state index in [2.05, 4.69) is 17.8 Å². The van der Waals surface area contributed by atoms with Crippen molar-refractivity contribution in [2.24, 2.45) is 4.99 Å². The number of carbonyl (C=O) groups excluding carboxylic acids is 1. The molecule has 2 aliphatic rings. The summed E-state index contributed by atoms with van der Waals surface area (Å²) < 4.78 is 32.4. The number of fused-ring (bicyclic) bond motifs is 1. The van der Waals surface area contributed by atoms with Gasteiger partial charge in [-0.1, -0.05) is 11.8 Å². The Bertz CT molecular complexity index is 477. The van der Waals surface area contributed by atoms with Gasteiger partial charge in [-0.25, -0.2) is 0 Å². The maximum absolute atomic E-state index is 12.0. The van der Waals surface area contributed by atoms with Gasteiger partial charge in [0.1, 0.15) is 18.1 Å². The summed E-state index contributed by atoms with van der Waals surface area (Å²) in [7, 11) is -0.311. The van der Waals surface area contributed by atoms with E-state index in [-0.39, 0.29) is 30.2 Å². The smallest absolute Gasteiger partial charge is 0.330 e. The molecule has 0 aromatic carbocycles. The van der Waals surface area contributed by atoms with Gasteiger partial charge >= 0.3 is 13.6 Å². The highest BCUT2D eigenvalue weighted by Crippen LogP contribution is 2.48. The molecular formula is C13H18NO6PS. The molecule has 1 fully saturated rings. The van der Waals surface area contributed by atoms with Crippen LogP contribution in [0.25, 0.3) is 0 Å². The van der Waals surface area contributed by atoms with Crippen molar-refractivity contribution in [2.45, 2.75) is 30.9 Å². The normalized spacial score (nSPS) is 28.1. The number of rotatable bonds is 7. The van der Waals surface area contributed by atoms with Crippen molar-refractivity contribution in [1.82, 2.24) is 0 Å². The predicted molar refractivity (Wildman–Crippen MR) is 81.7 cm³/mol. The highest BCUT2D eigenvalue weighted by molar-refractivity contribution is 8.14. The summed E-state index contributed by atoms with van der Waals surface area (Å²) in [6, 6.07) is -0.238. The molecule has 0 bridgehead atoms. The third kappa shape index (κ3) is 4.80. The molecule has 3 atom stereocenters. The van der Waals surface area contributed by atoms with Gasteiger partial charge in [0.2, 0.25) is 0 Å². The Morgan fingerprint density at radius 1 is 1.41 bits per heavy atom. The van der Waals surface area contributed by atoms with Crippen LogP contribution in [0.5, 0.6) is 0 Å². The number of aliphatic imine (C=N–C) groups is 1. The van der Waals surface area contributed by atoms with Gasteiger partial charge in [0.25, 0.3) is 0 Å². The highest BCUT2D eigenvalue weighted by Gasteiger charge is 2.38. The van der Waals surface area contributed by atoms with Crippen LogP contribution in [0, 0.1) is 12.8 Å². The summed E-state index contributed by atoms with van der Waals surface area (Å²) in [5, 5.41) is 0.812. The van der Waals surface area contributed by atoms with Crippen LogP contribution in [0.1, 0.15) is 13.3 Å². The van der Waals surface area contributed by atoms with E-state index in [1.54, 1.807) is 0 Å². The standard InChI is InChI=1S/C13H18NO6PS/c1-9(15)19-8-10-4-5-11-13(20-10)22-12(14-11)6-7-21(16,17-2)18-3/h10-11,13H,6-8H2,1-3H3/t10-,11-,13-/m1/s1. The van der Waals surface area contributed by atoms with Crippen molar-refractivity contribution < 1.29 is 27.9 Å². The van der Waals surface area contributed by atoms with E-state index in [0.717, 1.165) is 5.04 Å². The second kappa shape index (κ2) is 7.93. The van der Waals surface area contributed by atoms with Crippen LogP contribution in [-0.2, 0) is 27.9 Å². The van der Waals surface area contributed by atoms with E-state index in [1.165, 1.54) is 32.9 Å². The molecule has 0 amide bonds. The number of ether oxygens (including phenoxy) is 2. The van der Waals surface area contributed by atoms with Crippen LogP contribution in [0.15, 0.2) is 4.99 Å². The molecule has 2 aliphatic heterocycles. The predicted octanol–water partition coefficient (Wildman–Crippen LogP) is 1.83. The topological polar surface area (TPSA) is 83.4 Å². The first-order chi connectivity index (χ1) is 10.5. The van der Waals surface area contributed by atoms with Crippen LogP contribution >= 0.6 is 19.4 Å². The average molecular weight is 347 g/mol. The van der Waals surface area contributed by atoms with Gasteiger partial charge < -0.3 is 18.5 Å². The van der Waals surface area contributed by atoms with Crippen LogP contribution in [-0.4, -0.2) is 55.6 Å². The van der Waals surface area contributed by atoms with Gasteiger partial charge in [0.05, 0.1) is 17.2 Å². The maximum atomic E-state index is 12.0. The third-order valence-corrected chi connectivity index (χ3v) is 6.14. The van der Waals surface area contributed by atoms with Crippen molar-refractivity contribution >= 4 is 30.4 Å². The molecule has 0 saturated carbocycles. The van der Waals surface area contributed by atoms with E-state index < -0.39 is 13.7 Å². The molecule has 9 heteroatoms. The Balaban J connectivity index is 1.81. The summed E-state index contributed by atoms with van der Waals surface area (Å²) in [5.41, 5.74) is -0.221. The van der Waals surface area contributed by atoms with Gasteiger partial charge in [0, 0.05) is 40.4 Å². The summed E-state index contributed by atoms with van der Waals surface area (Å²) in [6.45, 7) is 1.46. The van der Waals surface area contributed by atoms with Crippen molar-refractivity contribution in [3.63, 3.8) is 0 Å². The fraction of sp³-hybridized carbons (Fsp3) is 0.692. The lowest BCUT2D eigenvalue weighted by Crippen LogP contribution is -2.37. The Morgan fingerprint density at radius 3 is 2.77 bits per heavy atom. The number of hydrogen-bond donors (Lipinski definition) is 0. The molecule has 0 aliphatic carbocycles. The molecule has 0 aromatic heterocycles. The second-order valence-corrected chi connectivity index (χ2v) is 8.19. The lowest BCUT2D eigenvalue weighted by Gasteiger charge is -2.29. The largest absolute Gasteiger partial charge is 0.463 e. The van der Waals surface area contributed by atoms with Crippen molar-refractivity contribution in [3.8, 4) is 0 Å². The van der Waals surface area contributed by atoms with E-state index in [0.29, 0.717) is 6.42 Å². The fourth-order valence-corrected chi connectivity index (χ4v) is 4.17. The SMILES string of the molecule is COP(=O)(CCC1=N[C@@H]2[C][C][C@H](COC(C)=O)O[C@@H]2S1)OC. The van der Waals surface area contributed by atoms with Crippen LogP contribution in [0.3, 0.4) is 0 Å². The molecule has 0 unspecified atom stereocenters. The molecule has 7 nitrogen and oxygen atoms in total. The highest BCUT2D eigenvalue weighted by atomic mass is 32.2. The van der Waals surface area contributed by atoms with Gasteiger partial charge in [0.15, 0.2) is 0 Å². The minimum atomic E-state index is -3.04. The van der Waals surface area contributed by atoms with Gasteiger partial charge in [-0.2, -0.15) is 0 Å². The molecular weight excluding hydrogens is 329 g/mol. The molecule has 2 heterocycles. The van der Waals surface area contributed by atoms with Crippen LogP contribution in [0.4, 0.5) is 0 Å². The van der Waals surface area contributed by atoms with E-state index in [4.69, 9.17) is 18.5 Å². The minimum Gasteiger partial charge on any atom is -0.463 e. The number of carbonyl (C=O) groups is 1. The van der Waals surface area contributed by atoms with Crippen molar-refractivity contribution in [3.05, 3.63) is 12.8 Å². The number of esters is 1. The molecule has 122 valence electrons. The molecule has 0 N–H and O–H groups in total. The van der Waals surface area contributed by atoms with Gasteiger partial charge in [-0.05, 0) is 0 Å². The van der Waals surface area contributed by atoms with Crippen LogP contribution in [0.2, 0.25) is 0 Å². The molecule has 2 rings (SSSR count). The number of nitrogens with zero attached hydrogens (tertiary/aromatic N) is 1. The summed E-state index contributed by atoms with van der Waals surface area (Å²) in [6.07, 6.45) is 6.20. The zero-order chi connectivity index (χ0) is 16.2. The summed E-state index contributed by atoms with van der Waals surface area (Å²) in [4.78, 5) is 15.3. The zero-order valence-electron chi connectivity index (χ0n) is 12.6. The molecule has 0 aromatic rings. The number of hydrogen-bond acceptors (Lipinski definition) is 8. The second-order valence-electron chi connectivity index (χ2n) is 4.62. The van der Waals surface area contributed by atoms with Gasteiger partial charge in [-0.3, -0.25) is 14.4 Å². The summed E-state index contributed by atoms with van der Waals surface area (Å²) >= 11 is 1.45. The lowest BCUT2D eigenvalue weighted by molar-refractivity contribution is -0.145. The first-order valence-electron chi connectivity index (χ1n) is 6.69. The Labute approximate surface area is 134 Å². The Hall–Kier alpha value is -0.400. The monoisotopic (exact) mass is 347 g/mol. The van der Waals surface area contributed by atoms with E-state index in [9.17, 15) is 9.36 Å². The molecule has 0 spiro atoms. The maximum Gasteiger partial charge on any atom is 0.330 e. The quantitative estimate of drug-likeness (QED) is 0.513. The Kier molecular flexibility index (Phi) is 6.46. The molecule has 1 saturated heterocycles. The molecule has 4 radical (unpaired) electrons. The van der Waals surface area contributed by atoms with Crippen LogP contribution < -0.4 is 0 Å². The fourth-order valence-electron chi connectivity index (χ4n) is 1.91. The Morgan fingerprint density at radius 2 is 2.14 bits per heavy atom. The average Bonchev–Trinajstić information content (AvgIpc) is 2.92. The van der Waals surface area contributed by atoms with Gasteiger partial charge in [-0.15, -0.1) is 0 Å². The minimum absolute atomic E-state index is 0.115.